The largest absolute Gasteiger partial charge is 0.488 e. The Balaban J connectivity index is 2.24. The van der Waals surface area contributed by atoms with Crippen LogP contribution < -0.4 is 4.74 Å². The molecule has 0 aromatic heterocycles. The van der Waals surface area contributed by atoms with Crippen molar-refractivity contribution >= 4 is 5.71 Å². The van der Waals surface area contributed by atoms with E-state index in [0.29, 0.717) is 22.6 Å². The van der Waals surface area contributed by atoms with Gasteiger partial charge in [-0.05, 0) is 32.0 Å². The van der Waals surface area contributed by atoms with Crippen LogP contribution in [-0.2, 0) is 6.61 Å². The van der Waals surface area contributed by atoms with Crippen molar-refractivity contribution < 1.29 is 14.3 Å². The van der Waals surface area contributed by atoms with Crippen LogP contribution in [0.2, 0.25) is 0 Å². The van der Waals surface area contributed by atoms with Gasteiger partial charge in [0.15, 0.2) is 0 Å². The zero-order valence-electron chi connectivity index (χ0n) is 11.4. The van der Waals surface area contributed by atoms with Crippen molar-refractivity contribution in [3.8, 4) is 5.75 Å². The lowest BCUT2D eigenvalue weighted by Crippen LogP contribution is -2.04. The van der Waals surface area contributed by atoms with Crippen molar-refractivity contribution in [2.45, 2.75) is 20.5 Å². The molecule has 2 aromatic carbocycles. The third-order valence-corrected chi connectivity index (χ3v) is 3.02. The Morgan fingerprint density at radius 3 is 2.70 bits per heavy atom. The minimum Gasteiger partial charge on any atom is -0.488 e. The molecule has 2 rings (SSSR count). The van der Waals surface area contributed by atoms with Crippen LogP contribution in [0.15, 0.2) is 47.6 Å². The van der Waals surface area contributed by atoms with Gasteiger partial charge < -0.3 is 9.94 Å². The van der Waals surface area contributed by atoms with Crippen LogP contribution in [0.25, 0.3) is 0 Å². The third-order valence-electron chi connectivity index (χ3n) is 3.02. The second-order valence-corrected chi connectivity index (χ2v) is 4.57. The Morgan fingerprint density at radius 1 is 1.25 bits per heavy atom. The van der Waals surface area contributed by atoms with Gasteiger partial charge in [0.1, 0.15) is 18.2 Å². The molecular weight excluding hydrogens is 257 g/mol. The summed E-state index contributed by atoms with van der Waals surface area (Å²) in [5.74, 6) is 0.267. The lowest BCUT2D eigenvalue weighted by molar-refractivity contribution is 0.297. The van der Waals surface area contributed by atoms with Crippen molar-refractivity contribution in [2.24, 2.45) is 5.16 Å². The number of hydrogen-bond donors (Lipinski definition) is 1. The topological polar surface area (TPSA) is 41.8 Å². The molecule has 0 saturated carbocycles. The number of benzene rings is 2. The van der Waals surface area contributed by atoms with Crippen LogP contribution in [0.5, 0.6) is 5.75 Å². The van der Waals surface area contributed by atoms with E-state index in [0.717, 1.165) is 5.56 Å². The minimum absolute atomic E-state index is 0.126. The summed E-state index contributed by atoms with van der Waals surface area (Å²) in [6, 6.07) is 12.0. The molecule has 20 heavy (non-hydrogen) atoms. The molecular formula is C16H16FNO2. The van der Waals surface area contributed by atoms with E-state index in [9.17, 15) is 4.39 Å². The van der Waals surface area contributed by atoms with E-state index < -0.39 is 0 Å². The van der Waals surface area contributed by atoms with Crippen LogP contribution >= 0.6 is 0 Å². The van der Waals surface area contributed by atoms with Gasteiger partial charge in [0.2, 0.25) is 0 Å². The van der Waals surface area contributed by atoms with Gasteiger partial charge in [-0.25, -0.2) is 4.39 Å². The molecule has 0 unspecified atom stereocenters. The lowest BCUT2D eigenvalue weighted by Gasteiger charge is -2.12. The number of halogens is 1. The number of oxime groups is 1. The minimum atomic E-state index is -0.297. The standard InChI is InChI=1S/C16H16FNO2/c1-11-7-8-16(14(9-11)12(2)18-19)20-10-13-5-3-4-6-15(13)17/h3-9,19H,10H2,1-2H3/b18-12+. The predicted molar refractivity (Wildman–Crippen MR) is 75.9 cm³/mol. The van der Waals surface area contributed by atoms with E-state index in [2.05, 4.69) is 5.16 Å². The summed E-state index contributed by atoms with van der Waals surface area (Å²) in [7, 11) is 0. The zero-order chi connectivity index (χ0) is 14.5. The van der Waals surface area contributed by atoms with Gasteiger partial charge in [-0.1, -0.05) is 35.0 Å². The van der Waals surface area contributed by atoms with Crippen LogP contribution in [0.1, 0.15) is 23.6 Å². The summed E-state index contributed by atoms with van der Waals surface area (Å²) in [6.07, 6.45) is 0. The molecule has 0 saturated heterocycles. The van der Waals surface area contributed by atoms with E-state index >= 15 is 0 Å². The maximum atomic E-state index is 13.5. The van der Waals surface area contributed by atoms with E-state index in [4.69, 9.17) is 9.94 Å². The molecule has 0 aliphatic carbocycles. The van der Waals surface area contributed by atoms with Gasteiger partial charge in [-0.15, -0.1) is 0 Å². The molecule has 104 valence electrons. The van der Waals surface area contributed by atoms with Gasteiger partial charge in [0.25, 0.3) is 0 Å². The molecule has 0 amide bonds. The highest BCUT2D eigenvalue weighted by atomic mass is 19.1. The Morgan fingerprint density at radius 2 is 2.00 bits per heavy atom. The lowest BCUT2D eigenvalue weighted by atomic mass is 10.1. The third kappa shape index (κ3) is 3.15. The molecule has 0 heterocycles. The van der Waals surface area contributed by atoms with Gasteiger partial charge in [0, 0.05) is 11.1 Å². The number of hydrogen-bond acceptors (Lipinski definition) is 3. The molecule has 3 nitrogen and oxygen atoms in total. The number of nitrogens with zero attached hydrogens (tertiary/aromatic N) is 1. The summed E-state index contributed by atoms with van der Waals surface area (Å²) < 4.78 is 19.2. The molecule has 2 aromatic rings. The maximum Gasteiger partial charge on any atom is 0.129 e. The molecule has 0 radical (unpaired) electrons. The SMILES string of the molecule is C/C(=N\O)c1cc(C)ccc1OCc1ccccc1F. The quantitative estimate of drug-likeness (QED) is 0.521. The average molecular weight is 273 g/mol. The molecule has 0 fully saturated rings. The number of rotatable bonds is 4. The van der Waals surface area contributed by atoms with E-state index in [1.165, 1.54) is 6.07 Å². The zero-order valence-corrected chi connectivity index (χ0v) is 11.4. The smallest absolute Gasteiger partial charge is 0.129 e. The van der Waals surface area contributed by atoms with Crippen molar-refractivity contribution in [3.05, 3.63) is 65.0 Å². The van der Waals surface area contributed by atoms with Crippen molar-refractivity contribution in [1.82, 2.24) is 0 Å². The average Bonchev–Trinajstić information content (AvgIpc) is 2.46. The second kappa shape index (κ2) is 6.19. The number of ether oxygens (including phenoxy) is 1. The molecule has 4 heteroatoms. The highest BCUT2D eigenvalue weighted by Gasteiger charge is 2.09. The highest BCUT2D eigenvalue weighted by Crippen LogP contribution is 2.22. The highest BCUT2D eigenvalue weighted by molar-refractivity contribution is 6.00. The first-order chi connectivity index (χ1) is 9.61. The summed E-state index contributed by atoms with van der Waals surface area (Å²) in [4.78, 5) is 0. The molecule has 0 spiro atoms. The van der Waals surface area contributed by atoms with Crippen molar-refractivity contribution in [1.29, 1.82) is 0 Å². The maximum absolute atomic E-state index is 13.5. The fraction of sp³-hybridized carbons (Fsp3) is 0.188. The van der Waals surface area contributed by atoms with Gasteiger partial charge in [-0.3, -0.25) is 0 Å². The molecule has 1 N–H and O–H groups in total. The predicted octanol–water partition coefficient (Wildman–Crippen LogP) is 3.91. The second-order valence-electron chi connectivity index (χ2n) is 4.57. The fourth-order valence-corrected chi connectivity index (χ4v) is 1.88. The fourth-order valence-electron chi connectivity index (χ4n) is 1.88. The first kappa shape index (κ1) is 14.1. The molecule has 0 atom stereocenters. The number of aryl methyl sites for hydroxylation is 1. The Hall–Kier alpha value is -2.36. The van der Waals surface area contributed by atoms with Gasteiger partial charge in [0.05, 0.1) is 5.71 Å². The van der Waals surface area contributed by atoms with Crippen molar-refractivity contribution in [2.75, 3.05) is 0 Å². The van der Waals surface area contributed by atoms with E-state index in [1.54, 1.807) is 31.2 Å². The van der Waals surface area contributed by atoms with Crippen LogP contribution in [0, 0.1) is 12.7 Å². The van der Waals surface area contributed by atoms with E-state index in [1.807, 2.05) is 19.1 Å². The Labute approximate surface area is 117 Å². The molecule has 0 bridgehead atoms. The first-order valence-electron chi connectivity index (χ1n) is 6.27. The van der Waals surface area contributed by atoms with Crippen LogP contribution in [0.4, 0.5) is 4.39 Å². The molecule has 0 aliphatic rings. The summed E-state index contributed by atoms with van der Waals surface area (Å²) >= 11 is 0. The summed E-state index contributed by atoms with van der Waals surface area (Å²) in [5.41, 5.74) is 2.67. The van der Waals surface area contributed by atoms with Crippen molar-refractivity contribution in [3.63, 3.8) is 0 Å². The molecule has 0 aliphatic heterocycles. The van der Waals surface area contributed by atoms with E-state index in [-0.39, 0.29) is 12.4 Å². The van der Waals surface area contributed by atoms with Crippen LogP contribution in [-0.4, -0.2) is 10.9 Å². The summed E-state index contributed by atoms with van der Waals surface area (Å²) in [5, 5.41) is 12.1. The summed E-state index contributed by atoms with van der Waals surface area (Å²) in [6.45, 7) is 3.75. The Kier molecular flexibility index (Phi) is 4.35. The van der Waals surface area contributed by atoms with Crippen LogP contribution in [0.3, 0.4) is 0 Å². The Bertz CT molecular complexity index is 638. The first-order valence-corrected chi connectivity index (χ1v) is 6.27. The van der Waals surface area contributed by atoms with Gasteiger partial charge in [-0.2, -0.15) is 0 Å². The van der Waals surface area contributed by atoms with Gasteiger partial charge >= 0.3 is 0 Å². The normalized spacial score (nSPS) is 11.4. The monoisotopic (exact) mass is 273 g/mol.